The molecule has 0 unspecified atom stereocenters. The van der Waals surface area contributed by atoms with Gasteiger partial charge in [-0.2, -0.15) is 0 Å². The first-order valence-electron chi connectivity index (χ1n) is 8.13. The van der Waals surface area contributed by atoms with E-state index in [-0.39, 0.29) is 5.78 Å². The first-order chi connectivity index (χ1) is 10.1. The number of benzene rings is 1. The Morgan fingerprint density at radius 2 is 1.57 bits per heavy atom. The molecule has 0 aliphatic heterocycles. The van der Waals surface area contributed by atoms with Crippen molar-refractivity contribution in [1.82, 2.24) is 0 Å². The van der Waals surface area contributed by atoms with Gasteiger partial charge in [0.05, 0.1) is 5.02 Å². The van der Waals surface area contributed by atoms with Crippen LogP contribution in [0.5, 0.6) is 0 Å². The van der Waals surface area contributed by atoms with Gasteiger partial charge in [0, 0.05) is 12.0 Å². The van der Waals surface area contributed by atoms with Gasteiger partial charge in [0.2, 0.25) is 0 Å². The average Bonchev–Trinajstić information content (AvgIpc) is 2.48. The van der Waals surface area contributed by atoms with Crippen molar-refractivity contribution in [3.63, 3.8) is 0 Å². The van der Waals surface area contributed by atoms with Gasteiger partial charge in [0.1, 0.15) is 5.82 Å². The van der Waals surface area contributed by atoms with Crippen molar-refractivity contribution >= 4 is 17.4 Å². The number of hydrogen-bond donors (Lipinski definition) is 0. The molecular formula is C18H26ClFO. The van der Waals surface area contributed by atoms with Gasteiger partial charge in [0.15, 0.2) is 5.78 Å². The molecule has 0 fully saturated rings. The quantitative estimate of drug-likeness (QED) is 0.333. The predicted molar refractivity (Wildman–Crippen MR) is 87.6 cm³/mol. The van der Waals surface area contributed by atoms with Crippen LogP contribution in [0, 0.1) is 5.82 Å². The van der Waals surface area contributed by atoms with Crippen molar-refractivity contribution in [2.75, 3.05) is 0 Å². The molecule has 1 nitrogen and oxygen atoms in total. The standard InChI is InChI=1S/C18H26ClFO/c1-2-3-4-5-6-7-8-9-10-11-18(21)16-14-15(20)12-13-17(16)19/h12-14H,2-11H2,1H3. The number of carbonyl (C=O) groups is 1. The summed E-state index contributed by atoms with van der Waals surface area (Å²) in [6, 6.07) is 3.95. The first kappa shape index (κ1) is 18.2. The average molecular weight is 313 g/mol. The van der Waals surface area contributed by atoms with E-state index >= 15 is 0 Å². The molecule has 21 heavy (non-hydrogen) atoms. The van der Waals surface area contributed by atoms with Crippen LogP contribution in [0.25, 0.3) is 0 Å². The molecule has 1 aromatic carbocycles. The van der Waals surface area contributed by atoms with Crippen molar-refractivity contribution in [2.24, 2.45) is 0 Å². The highest BCUT2D eigenvalue weighted by atomic mass is 35.5. The van der Waals surface area contributed by atoms with E-state index in [1.807, 2.05) is 0 Å². The molecule has 0 saturated heterocycles. The van der Waals surface area contributed by atoms with Gasteiger partial charge in [-0.1, -0.05) is 69.9 Å². The second kappa shape index (κ2) is 10.8. The third-order valence-corrected chi connectivity index (χ3v) is 4.07. The van der Waals surface area contributed by atoms with Crippen LogP contribution in [0.15, 0.2) is 18.2 Å². The van der Waals surface area contributed by atoms with Gasteiger partial charge in [-0.3, -0.25) is 4.79 Å². The van der Waals surface area contributed by atoms with Crippen LogP contribution in [0.1, 0.15) is 81.5 Å². The van der Waals surface area contributed by atoms with Crippen LogP contribution < -0.4 is 0 Å². The van der Waals surface area contributed by atoms with Gasteiger partial charge in [-0.05, 0) is 24.6 Å². The lowest BCUT2D eigenvalue weighted by Gasteiger charge is -2.04. The van der Waals surface area contributed by atoms with Gasteiger partial charge in [-0.15, -0.1) is 0 Å². The molecule has 1 aromatic rings. The monoisotopic (exact) mass is 312 g/mol. The van der Waals surface area contributed by atoms with E-state index in [1.54, 1.807) is 0 Å². The molecule has 0 amide bonds. The molecule has 0 aromatic heterocycles. The molecule has 0 radical (unpaired) electrons. The fourth-order valence-electron chi connectivity index (χ4n) is 2.44. The van der Waals surface area contributed by atoms with Crippen molar-refractivity contribution in [3.05, 3.63) is 34.6 Å². The summed E-state index contributed by atoms with van der Waals surface area (Å²) in [6.07, 6.45) is 11.4. The molecule has 0 saturated carbocycles. The zero-order chi connectivity index (χ0) is 15.5. The largest absolute Gasteiger partial charge is 0.294 e. The Balaban J connectivity index is 2.12. The predicted octanol–water partition coefficient (Wildman–Crippen LogP) is 6.58. The number of halogens is 2. The third kappa shape index (κ3) is 7.61. The van der Waals surface area contributed by atoms with E-state index in [0.717, 1.165) is 12.8 Å². The van der Waals surface area contributed by atoms with E-state index < -0.39 is 5.82 Å². The maximum Gasteiger partial charge on any atom is 0.164 e. The number of hydrogen-bond acceptors (Lipinski definition) is 1. The van der Waals surface area contributed by atoms with E-state index in [2.05, 4.69) is 6.92 Å². The van der Waals surface area contributed by atoms with Crippen LogP contribution in [-0.4, -0.2) is 5.78 Å². The number of ketones is 1. The Morgan fingerprint density at radius 3 is 2.19 bits per heavy atom. The molecule has 3 heteroatoms. The lowest BCUT2D eigenvalue weighted by molar-refractivity contribution is 0.0979. The molecule has 0 aliphatic carbocycles. The zero-order valence-corrected chi connectivity index (χ0v) is 13.7. The Morgan fingerprint density at radius 1 is 1.00 bits per heavy atom. The normalized spacial score (nSPS) is 10.8. The molecule has 1 rings (SSSR count). The number of carbonyl (C=O) groups excluding carboxylic acids is 1. The Labute approximate surface area is 132 Å². The van der Waals surface area contributed by atoms with Crippen LogP contribution in [0.3, 0.4) is 0 Å². The topological polar surface area (TPSA) is 17.1 Å². The Hall–Kier alpha value is -0.890. The maximum absolute atomic E-state index is 13.1. The van der Waals surface area contributed by atoms with Crippen LogP contribution in [-0.2, 0) is 0 Å². The minimum Gasteiger partial charge on any atom is -0.294 e. The van der Waals surface area contributed by atoms with Gasteiger partial charge in [0.25, 0.3) is 0 Å². The first-order valence-corrected chi connectivity index (χ1v) is 8.51. The molecule has 0 atom stereocenters. The number of rotatable bonds is 11. The van der Waals surface area contributed by atoms with Crippen LogP contribution in [0.2, 0.25) is 5.02 Å². The molecule has 118 valence electrons. The Kier molecular flexibility index (Phi) is 9.32. The van der Waals surface area contributed by atoms with E-state index in [4.69, 9.17) is 11.6 Å². The Bertz CT molecular complexity index is 431. The molecular weight excluding hydrogens is 287 g/mol. The lowest BCUT2D eigenvalue weighted by Crippen LogP contribution is -2.00. The third-order valence-electron chi connectivity index (χ3n) is 3.74. The van der Waals surface area contributed by atoms with E-state index in [1.165, 1.54) is 63.1 Å². The van der Waals surface area contributed by atoms with Gasteiger partial charge in [-0.25, -0.2) is 4.39 Å². The lowest BCUT2D eigenvalue weighted by atomic mass is 10.0. The second-order valence-corrected chi connectivity index (χ2v) is 6.03. The van der Waals surface area contributed by atoms with Gasteiger partial charge < -0.3 is 0 Å². The summed E-state index contributed by atoms with van der Waals surface area (Å²) in [7, 11) is 0. The number of unbranched alkanes of at least 4 members (excludes halogenated alkanes) is 8. The van der Waals surface area contributed by atoms with E-state index in [9.17, 15) is 9.18 Å². The minimum absolute atomic E-state index is 0.0533. The summed E-state index contributed by atoms with van der Waals surface area (Å²) in [5, 5.41) is 0.345. The molecule has 0 aliphatic rings. The van der Waals surface area contributed by atoms with Crippen LogP contribution in [0.4, 0.5) is 4.39 Å². The van der Waals surface area contributed by atoms with Crippen molar-refractivity contribution in [1.29, 1.82) is 0 Å². The second-order valence-electron chi connectivity index (χ2n) is 5.63. The highest BCUT2D eigenvalue weighted by molar-refractivity contribution is 6.33. The summed E-state index contributed by atoms with van der Waals surface area (Å²) >= 11 is 5.93. The molecule has 0 spiro atoms. The van der Waals surface area contributed by atoms with Crippen molar-refractivity contribution in [2.45, 2.75) is 71.1 Å². The fourth-order valence-corrected chi connectivity index (χ4v) is 2.67. The summed E-state index contributed by atoms with van der Waals surface area (Å²) < 4.78 is 13.1. The molecule has 0 N–H and O–H groups in total. The fraction of sp³-hybridized carbons (Fsp3) is 0.611. The molecule has 0 heterocycles. The van der Waals surface area contributed by atoms with Gasteiger partial charge >= 0.3 is 0 Å². The summed E-state index contributed by atoms with van der Waals surface area (Å²) in [5.41, 5.74) is 0.316. The summed E-state index contributed by atoms with van der Waals surface area (Å²) in [5.74, 6) is -0.461. The van der Waals surface area contributed by atoms with Crippen molar-refractivity contribution in [3.8, 4) is 0 Å². The zero-order valence-electron chi connectivity index (χ0n) is 13.0. The minimum atomic E-state index is -0.408. The summed E-state index contributed by atoms with van der Waals surface area (Å²) in [4.78, 5) is 12.0. The smallest absolute Gasteiger partial charge is 0.164 e. The number of Topliss-reactive ketones (excluding diaryl/α,β-unsaturated/α-hetero) is 1. The highest BCUT2D eigenvalue weighted by Crippen LogP contribution is 2.20. The van der Waals surface area contributed by atoms with E-state index in [0.29, 0.717) is 17.0 Å². The van der Waals surface area contributed by atoms with Crippen LogP contribution >= 0.6 is 11.6 Å². The SMILES string of the molecule is CCCCCCCCCCCC(=O)c1cc(F)ccc1Cl. The highest BCUT2D eigenvalue weighted by Gasteiger charge is 2.11. The van der Waals surface area contributed by atoms with Crippen molar-refractivity contribution < 1.29 is 9.18 Å². The molecule has 0 bridgehead atoms. The maximum atomic E-state index is 13.1. The summed E-state index contributed by atoms with van der Waals surface area (Å²) in [6.45, 7) is 2.22.